The lowest BCUT2D eigenvalue weighted by atomic mass is 9.91. The third-order valence-corrected chi connectivity index (χ3v) is 4.26. The van der Waals surface area contributed by atoms with Gasteiger partial charge in [-0.05, 0) is 50.6 Å². The van der Waals surface area contributed by atoms with Crippen LogP contribution in [-0.2, 0) is 30.6 Å². The molecule has 0 heterocycles. The van der Waals surface area contributed by atoms with Crippen LogP contribution in [0.3, 0.4) is 0 Å². The maximum atomic E-state index is 12.2. The number of aliphatic carboxylic acids is 1. The van der Waals surface area contributed by atoms with E-state index in [4.69, 9.17) is 20.2 Å². The van der Waals surface area contributed by atoms with Crippen molar-refractivity contribution < 1.29 is 33.9 Å². The molecule has 0 aliphatic carbocycles. The largest absolute Gasteiger partial charge is 0.480 e. The highest BCUT2D eigenvalue weighted by molar-refractivity contribution is 5.88. The smallest absolute Gasteiger partial charge is 0.408 e. The normalized spacial score (nSPS) is 11.1. The summed E-state index contributed by atoms with van der Waals surface area (Å²) in [6.45, 7) is 14.6. The second kappa shape index (κ2) is 19.3. The topological polar surface area (TPSA) is 180 Å². The van der Waals surface area contributed by atoms with E-state index < -0.39 is 36.2 Å². The second-order valence-electron chi connectivity index (χ2n) is 10.3. The number of carboxylic acid groups (broad SMARTS) is 1. The first kappa shape index (κ1) is 36.4. The molecule has 12 heteroatoms. The summed E-state index contributed by atoms with van der Waals surface area (Å²) >= 11 is 0. The minimum atomic E-state index is -1.24. The van der Waals surface area contributed by atoms with Crippen molar-refractivity contribution in [2.45, 2.75) is 92.9 Å². The zero-order valence-corrected chi connectivity index (χ0v) is 23.7. The zero-order chi connectivity index (χ0) is 29.8. The van der Waals surface area contributed by atoms with Crippen molar-refractivity contribution in [1.82, 2.24) is 10.6 Å². The van der Waals surface area contributed by atoms with Crippen LogP contribution in [0.25, 0.3) is 10.4 Å². The summed E-state index contributed by atoms with van der Waals surface area (Å²) in [5.74, 6) is -1.81. The van der Waals surface area contributed by atoms with Gasteiger partial charge in [0.2, 0.25) is 5.91 Å². The Hall–Kier alpha value is -3.79. The maximum Gasteiger partial charge on any atom is 0.408 e. The molecule has 0 saturated heterocycles. The van der Waals surface area contributed by atoms with Gasteiger partial charge < -0.3 is 30.1 Å². The Balaban J connectivity index is 0. The Bertz CT molecular complexity index is 904. The zero-order valence-electron chi connectivity index (χ0n) is 23.7. The summed E-state index contributed by atoms with van der Waals surface area (Å²) in [4.78, 5) is 51.7. The summed E-state index contributed by atoms with van der Waals surface area (Å²) in [5.41, 5.74) is 8.54. The Morgan fingerprint density at radius 3 is 2.05 bits per heavy atom. The number of amides is 2. The van der Waals surface area contributed by atoms with Gasteiger partial charge >= 0.3 is 12.1 Å². The van der Waals surface area contributed by atoms with Crippen molar-refractivity contribution in [3.63, 3.8) is 0 Å². The van der Waals surface area contributed by atoms with Crippen LogP contribution in [0.2, 0.25) is 0 Å². The number of ketones is 1. The molecule has 214 valence electrons. The van der Waals surface area contributed by atoms with E-state index >= 15 is 0 Å². The summed E-state index contributed by atoms with van der Waals surface area (Å²) in [6, 6.07) is 7.75. The lowest BCUT2D eigenvalue weighted by molar-refractivity contribution is -0.138. The van der Waals surface area contributed by atoms with E-state index in [0.717, 1.165) is 5.56 Å². The molecule has 0 bridgehead atoms. The number of ether oxygens (including phenoxy) is 1. The van der Waals surface area contributed by atoms with Crippen LogP contribution in [0, 0.1) is 5.41 Å². The van der Waals surface area contributed by atoms with E-state index in [0.29, 0.717) is 5.41 Å². The molecule has 38 heavy (non-hydrogen) atoms. The number of nitrogens with zero attached hydrogens (tertiary/aromatic N) is 3. The van der Waals surface area contributed by atoms with E-state index in [9.17, 15) is 19.2 Å². The Morgan fingerprint density at radius 2 is 1.63 bits per heavy atom. The summed E-state index contributed by atoms with van der Waals surface area (Å²) in [7, 11) is 0. The highest BCUT2D eigenvalue weighted by atomic mass is 16.7. The van der Waals surface area contributed by atoms with Gasteiger partial charge in [-0.15, -0.1) is 0 Å². The van der Waals surface area contributed by atoms with Gasteiger partial charge in [0, 0.05) is 11.3 Å². The van der Waals surface area contributed by atoms with Crippen LogP contribution in [0.4, 0.5) is 4.79 Å². The Labute approximate surface area is 225 Å². The third-order valence-electron chi connectivity index (χ3n) is 4.26. The number of hydrogen-bond acceptors (Lipinski definition) is 7. The van der Waals surface area contributed by atoms with Crippen LogP contribution in [0.15, 0.2) is 35.6 Å². The fourth-order valence-electron chi connectivity index (χ4n) is 2.81. The number of rotatable bonds is 11. The number of hydrogen-bond donors (Lipinski definition) is 3. The van der Waals surface area contributed by atoms with E-state index in [2.05, 4.69) is 48.5 Å². The van der Waals surface area contributed by atoms with Gasteiger partial charge in [0.25, 0.3) is 0 Å². The Kier molecular flexibility index (Phi) is 18.5. The van der Waals surface area contributed by atoms with E-state index in [-0.39, 0.29) is 18.8 Å². The first-order valence-corrected chi connectivity index (χ1v) is 12.2. The standard InChI is InChI=1S/C16H21N5O6.C7H16.C3H6O/c1-16(2,27-21-20-17)8-12(14(24)18-9-13(22)23)19-15(25)26-10-11-6-4-3-5-7-11;1-5-6-7(2,3)4;1-3(2)4/h3-7,12H,8-10H2,1-2H3,(H,18,24)(H,19,25)(H,22,23);5-6H2,1-4H3;1-2H3/t12-;;/m1../s1. The molecule has 1 aromatic rings. The molecule has 0 saturated carbocycles. The van der Waals surface area contributed by atoms with Crippen LogP contribution in [0.1, 0.15) is 80.2 Å². The molecule has 2 amide bonds. The van der Waals surface area contributed by atoms with E-state index in [1.54, 1.807) is 24.3 Å². The van der Waals surface area contributed by atoms with E-state index in [1.807, 2.05) is 6.07 Å². The van der Waals surface area contributed by atoms with Gasteiger partial charge in [-0.2, -0.15) is 0 Å². The number of nitrogens with one attached hydrogen (secondary N) is 2. The van der Waals surface area contributed by atoms with E-state index in [1.165, 1.54) is 40.5 Å². The highest BCUT2D eigenvalue weighted by Gasteiger charge is 2.31. The molecule has 1 aromatic carbocycles. The van der Waals surface area contributed by atoms with Crippen LogP contribution in [0.5, 0.6) is 0 Å². The van der Waals surface area contributed by atoms with Crippen molar-refractivity contribution in [3.05, 3.63) is 46.3 Å². The molecular formula is C26H43N5O7. The summed E-state index contributed by atoms with van der Waals surface area (Å²) < 4.78 is 5.06. The molecule has 1 rings (SSSR count). The molecule has 0 aliphatic heterocycles. The lowest BCUT2D eigenvalue weighted by Gasteiger charge is -2.27. The fraction of sp³-hybridized carbons (Fsp3) is 0.615. The lowest BCUT2D eigenvalue weighted by Crippen LogP contribution is -2.51. The number of carbonyl (C=O) groups excluding carboxylic acids is 3. The van der Waals surface area contributed by atoms with Crippen LogP contribution in [-0.4, -0.2) is 47.0 Å². The summed E-state index contributed by atoms with van der Waals surface area (Å²) in [6.07, 6.45) is 1.68. The SMILES string of the molecule is CC(C)(C[C@@H](NC(=O)OCc1ccccc1)C(=O)NCC(=O)O)ON=[N+]=[N-].CC(C)=O.CCCC(C)(C)C. The number of azide groups is 1. The minimum absolute atomic E-state index is 0.00520. The average molecular weight is 538 g/mol. The average Bonchev–Trinajstić information content (AvgIpc) is 2.79. The van der Waals surface area contributed by atoms with Gasteiger partial charge in [0.15, 0.2) is 0 Å². The van der Waals surface area contributed by atoms with Crippen molar-refractivity contribution >= 4 is 23.8 Å². The molecule has 0 aromatic heterocycles. The first-order chi connectivity index (χ1) is 17.5. The van der Waals surface area contributed by atoms with Gasteiger partial charge in [-0.3, -0.25) is 9.59 Å². The molecule has 0 radical (unpaired) electrons. The van der Waals surface area contributed by atoms with Crippen molar-refractivity contribution in [1.29, 1.82) is 0 Å². The van der Waals surface area contributed by atoms with Gasteiger partial charge in [-0.1, -0.05) is 64.4 Å². The molecular weight excluding hydrogens is 494 g/mol. The van der Waals surface area contributed by atoms with Crippen molar-refractivity contribution in [2.24, 2.45) is 10.7 Å². The molecule has 0 fully saturated rings. The monoisotopic (exact) mass is 537 g/mol. The van der Waals surface area contributed by atoms with Gasteiger partial charge in [0.1, 0.15) is 35.9 Å². The van der Waals surface area contributed by atoms with Gasteiger partial charge in [0.05, 0.1) is 0 Å². The molecule has 0 spiro atoms. The predicted molar refractivity (Wildman–Crippen MR) is 144 cm³/mol. The third kappa shape index (κ3) is 23.9. The minimum Gasteiger partial charge on any atom is -0.480 e. The molecule has 0 aliphatic rings. The second-order valence-corrected chi connectivity index (χ2v) is 10.3. The predicted octanol–water partition coefficient (Wildman–Crippen LogP) is 5.32. The van der Waals surface area contributed by atoms with Crippen LogP contribution < -0.4 is 10.6 Å². The van der Waals surface area contributed by atoms with Gasteiger partial charge in [-0.25, -0.2) is 4.79 Å². The highest BCUT2D eigenvalue weighted by Crippen LogP contribution is 2.19. The molecule has 12 nitrogen and oxygen atoms in total. The summed E-state index contributed by atoms with van der Waals surface area (Å²) in [5, 5.41) is 16.2. The maximum absolute atomic E-state index is 12.2. The Morgan fingerprint density at radius 1 is 1.08 bits per heavy atom. The van der Waals surface area contributed by atoms with Crippen molar-refractivity contribution in [3.8, 4) is 0 Å². The molecule has 0 unspecified atom stereocenters. The number of carboxylic acids is 1. The number of Topliss-reactive ketones (excluding diaryl/α,β-unsaturated/α-hetero) is 1. The molecule has 1 atom stereocenters. The van der Waals surface area contributed by atoms with Crippen molar-refractivity contribution in [2.75, 3.05) is 6.54 Å². The number of alkyl carbamates (subject to hydrolysis) is 1. The molecule has 3 N–H and O–H groups in total. The first-order valence-electron chi connectivity index (χ1n) is 12.2. The number of benzene rings is 1. The quantitative estimate of drug-likeness (QED) is 0.148. The number of carbonyl (C=O) groups is 4. The van der Waals surface area contributed by atoms with Crippen LogP contribution >= 0.6 is 0 Å². The fourth-order valence-corrected chi connectivity index (χ4v) is 2.81.